The van der Waals surface area contributed by atoms with E-state index in [0.717, 1.165) is 0 Å². The summed E-state index contributed by atoms with van der Waals surface area (Å²) < 4.78 is 0. The van der Waals surface area contributed by atoms with Crippen LogP contribution in [-0.2, 0) is 24.0 Å². The molecule has 0 unspecified atom stereocenters. The minimum Gasteiger partial charge on any atom is -0.347 e. The number of hydrogen-bond donors (Lipinski definition) is 5. The molecule has 0 atom stereocenters. The van der Waals surface area contributed by atoms with Crippen LogP contribution in [0.2, 0.25) is 0 Å². The second-order valence-corrected chi connectivity index (χ2v) is 6.59. The van der Waals surface area contributed by atoms with Crippen LogP contribution in [0.15, 0.2) is 30.3 Å². The van der Waals surface area contributed by atoms with Gasteiger partial charge in [-0.1, -0.05) is 63.6 Å². The number of rotatable bonds is 10. The van der Waals surface area contributed by atoms with Crippen LogP contribution in [0, 0.1) is 12.8 Å². The Morgan fingerprint density at radius 3 is 1.44 bits per heavy atom. The quantitative estimate of drug-likeness (QED) is 0.348. The van der Waals surface area contributed by atoms with Crippen molar-refractivity contribution in [3.05, 3.63) is 35.9 Å². The van der Waals surface area contributed by atoms with Crippen molar-refractivity contribution in [2.24, 2.45) is 11.7 Å². The molecule has 0 aromatic heterocycles. The summed E-state index contributed by atoms with van der Waals surface area (Å²) in [6.07, 6.45) is 0. The fourth-order valence-corrected chi connectivity index (χ4v) is 1.72. The SMILES string of the molecule is CC.CC(C)C(=O)CNC(=O)CNC(=O)CNC(=O)CNC(=O)CN.Cc1ccccc1.[HH].[HH].[HH].[HH].[HH]. The van der Waals surface area contributed by atoms with Crippen molar-refractivity contribution in [3.63, 3.8) is 0 Å². The number of aryl methyl sites for hydroxylation is 1. The zero-order valence-electron chi connectivity index (χ0n) is 19.6. The van der Waals surface area contributed by atoms with Gasteiger partial charge in [-0.05, 0) is 6.92 Å². The first-order valence-corrected chi connectivity index (χ1v) is 10.5. The molecule has 1 aromatic carbocycles. The van der Waals surface area contributed by atoms with Gasteiger partial charge in [0.25, 0.3) is 0 Å². The van der Waals surface area contributed by atoms with Gasteiger partial charge in [0.05, 0.1) is 32.7 Å². The van der Waals surface area contributed by atoms with E-state index in [9.17, 15) is 24.0 Å². The molecule has 0 aliphatic rings. The number of carbonyl (C=O) groups is 5. The lowest BCUT2D eigenvalue weighted by Gasteiger charge is -2.09. The van der Waals surface area contributed by atoms with E-state index in [-0.39, 0.29) is 51.6 Å². The molecule has 0 aliphatic heterocycles. The average Bonchev–Trinajstić information content (AvgIpc) is 2.80. The highest BCUT2D eigenvalue weighted by Gasteiger charge is 2.11. The van der Waals surface area contributed by atoms with Crippen LogP contribution in [0.5, 0.6) is 0 Å². The highest BCUT2D eigenvalue weighted by molar-refractivity contribution is 5.91. The van der Waals surface area contributed by atoms with Crippen LogP contribution in [0.1, 0.15) is 40.4 Å². The number of nitrogens with two attached hydrogens (primary N) is 1. The molecule has 0 fully saturated rings. The van der Waals surface area contributed by atoms with Crippen molar-refractivity contribution in [3.8, 4) is 0 Å². The van der Waals surface area contributed by atoms with Crippen LogP contribution in [0.4, 0.5) is 0 Å². The zero-order valence-corrected chi connectivity index (χ0v) is 19.6. The smallest absolute Gasteiger partial charge is 0.239 e. The number of Topliss-reactive ketones (excluding diaryl/α,β-unsaturated/α-hetero) is 1. The number of amides is 4. The average molecular weight is 462 g/mol. The Labute approximate surface area is 197 Å². The largest absolute Gasteiger partial charge is 0.347 e. The van der Waals surface area contributed by atoms with Gasteiger partial charge in [0.2, 0.25) is 23.6 Å². The van der Waals surface area contributed by atoms with E-state index >= 15 is 0 Å². The van der Waals surface area contributed by atoms with Crippen molar-refractivity contribution in [2.45, 2.75) is 34.6 Å². The van der Waals surface area contributed by atoms with Gasteiger partial charge < -0.3 is 27.0 Å². The topological polar surface area (TPSA) is 159 Å². The van der Waals surface area contributed by atoms with E-state index in [1.807, 2.05) is 32.0 Å². The molecule has 1 rings (SSSR count). The molecule has 10 nitrogen and oxygen atoms in total. The molecule has 0 bridgehead atoms. The highest BCUT2D eigenvalue weighted by Crippen LogP contribution is 1.92. The van der Waals surface area contributed by atoms with Gasteiger partial charge in [-0.15, -0.1) is 0 Å². The van der Waals surface area contributed by atoms with E-state index in [1.54, 1.807) is 13.8 Å². The van der Waals surface area contributed by atoms with Gasteiger partial charge in [0.1, 0.15) is 0 Å². The normalized spacial score (nSPS) is 9.22. The van der Waals surface area contributed by atoms with Gasteiger partial charge in [-0.25, -0.2) is 0 Å². The summed E-state index contributed by atoms with van der Waals surface area (Å²) in [5.74, 6) is -2.43. The Bertz CT molecular complexity index is 729. The standard InChI is InChI=1S/C13H23N5O5.C7H8.C2H6.5H2/c1-8(2)9(19)4-15-11(21)6-17-13(23)7-18-12(22)5-16-10(20)3-14;1-7-5-3-2-4-6-7;1-2;;;;;/h8H,3-7,14H2,1-2H3,(H,15,21)(H,16,20)(H,17,23)(H,18,22);2-6H,1H3;1-2H3;5*1H. The third kappa shape index (κ3) is 18.7. The Morgan fingerprint density at radius 2 is 1.12 bits per heavy atom. The molecule has 0 spiro atoms. The highest BCUT2D eigenvalue weighted by atomic mass is 16.2. The van der Waals surface area contributed by atoms with Gasteiger partial charge in [0, 0.05) is 13.1 Å². The maximum Gasteiger partial charge on any atom is 0.239 e. The number of hydrogen-bond acceptors (Lipinski definition) is 6. The number of benzene rings is 1. The third-order valence-corrected chi connectivity index (χ3v) is 3.57. The fourth-order valence-electron chi connectivity index (χ4n) is 1.72. The first-order chi connectivity index (χ1) is 15.1. The van der Waals surface area contributed by atoms with Crippen molar-refractivity contribution in [1.82, 2.24) is 21.3 Å². The lowest BCUT2D eigenvalue weighted by molar-refractivity contribution is -0.129. The summed E-state index contributed by atoms with van der Waals surface area (Å²) in [5.41, 5.74) is 6.36. The Balaban J connectivity index is -0.000000110. The number of ketones is 1. The lowest BCUT2D eigenvalue weighted by atomic mass is 10.1. The maximum absolute atomic E-state index is 11.4. The van der Waals surface area contributed by atoms with Crippen molar-refractivity contribution < 1.29 is 31.1 Å². The van der Waals surface area contributed by atoms with Crippen molar-refractivity contribution in [2.75, 3.05) is 32.7 Å². The molecule has 190 valence electrons. The molecule has 0 saturated carbocycles. The molecule has 10 heteroatoms. The summed E-state index contributed by atoms with van der Waals surface area (Å²) in [5, 5.41) is 9.15. The summed E-state index contributed by atoms with van der Waals surface area (Å²) in [6.45, 7) is 8.26. The molecule has 0 radical (unpaired) electrons. The summed E-state index contributed by atoms with van der Waals surface area (Å²) in [4.78, 5) is 56.2. The lowest BCUT2D eigenvalue weighted by Crippen LogP contribution is -2.45. The molecule has 0 heterocycles. The zero-order chi connectivity index (χ0) is 24.9. The number of carbonyl (C=O) groups excluding carboxylic acids is 5. The van der Waals surface area contributed by atoms with Crippen LogP contribution < -0.4 is 27.0 Å². The van der Waals surface area contributed by atoms with Crippen molar-refractivity contribution >= 4 is 29.4 Å². The maximum atomic E-state index is 11.4. The first-order valence-electron chi connectivity index (χ1n) is 10.5. The van der Waals surface area contributed by atoms with Crippen molar-refractivity contribution in [1.29, 1.82) is 0 Å². The number of nitrogens with one attached hydrogen (secondary N) is 4. The second-order valence-electron chi connectivity index (χ2n) is 6.59. The first kappa shape index (κ1) is 30.9. The van der Waals surface area contributed by atoms with Gasteiger partial charge in [-0.3, -0.25) is 24.0 Å². The van der Waals surface area contributed by atoms with E-state index in [0.29, 0.717) is 0 Å². The second kappa shape index (κ2) is 19.7. The predicted molar refractivity (Wildman–Crippen MR) is 134 cm³/mol. The molecular weight excluding hydrogens is 414 g/mol. The molecule has 0 aliphatic carbocycles. The predicted octanol–water partition coefficient (Wildman–Crippen LogP) is 0.886. The van der Waals surface area contributed by atoms with E-state index in [2.05, 4.69) is 40.3 Å². The summed E-state index contributed by atoms with van der Waals surface area (Å²) in [6, 6.07) is 10.3. The Kier molecular flexibility index (Phi) is 19.0. The van der Waals surface area contributed by atoms with Crippen LogP contribution in [0.25, 0.3) is 0 Å². The van der Waals surface area contributed by atoms with Crippen LogP contribution in [0.3, 0.4) is 0 Å². The Morgan fingerprint density at radius 1 is 0.750 bits per heavy atom. The minimum absolute atomic E-state index is 0. The fraction of sp³-hybridized carbons (Fsp3) is 0.500. The molecule has 6 N–H and O–H groups in total. The molecule has 4 amide bonds. The summed E-state index contributed by atoms with van der Waals surface area (Å²) in [7, 11) is 0. The van der Waals surface area contributed by atoms with Gasteiger partial charge in [0.15, 0.2) is 5.78 Å². The van der Waals surface area contributed by atoms with Crippen LogP contribution in [-0.4, -0.2) is 62.1 Å². The monoisotopic (exact) mass is 461 g/mol. The minimum atomic E-state index is -0.575. The molecule has 0 saturated heterocycles. The van der Waals surface area contributed by atoms with Gasteiger partial charge in [-0.2, -0.15) is 0 Å². The molecule has 1 aromatic rings. The van der Waals surface area contributed by atoms with E-state index in [1.165, 1.54) is 5.56 Å². The third-order valence-electron chi connectivity index (χ3n) is 3.57. The Hall–Kier alpha value is -3.27. The summed E-state index contributed by atoms with van der Waals surface area (Å²) >= 11 is 0. The molecular formula is C22H47N5O5. The van der Waals surface area contributed by atoms with Gasteiger partial charge >= 0.3 is 0 Å². The van der Waals surface area contributed by atoms with E-state index in [4.69, 9.17) is 5.73 Å². The molecule has 32 heavy (non-hydrogen) atoms. The van der Waals surface area contributed by atoms with E-state index < -0.39 is 23.6 Å². The van der Waals surface area contributed by atoms with Crippen LogP contribution >= 0.6 is 0 Å².